The van der Waals surface area contributed by atoms with Crippen LogP contribution < -0.4 is 11.5 Å². The van der Waals surface area contributed by atoms with Gasteiger partial charge in [0.25, 0.3) is 0 Å². The molecule has 0 saturated heterocycles. The summed E-state index contributed by atoms with van der Waals surface area (Å²) in [4.78, 5) is 24.9. The summed E-state index contributed by atoms with van der Waals surface area (Å²) in [6.07, 6.45) is -1.28. The topological polar surface area (TPSA) is 169 Å². The van der Waals surface area contributed by atoms with Crippen molar-refractivity contribution in [1.29, 1.82) is 0 Å². The lowest BCUT2D eigenvalue weighted by Crippen LogP contribution is -2.30. The lowest BCUT2D eigenvalue weighted by molar-refractivity contribution is 0.0967. The lowest BCUT2D eigenvalue weighted by Gasteiger charge is -2.18. The fraction of sp³-hybridized carbons (Fsp3) is 0.385. The summed E-state index contributed by atoms with van der Waals surface area (Å²) in [5.74, 6) is -2.29. The Hall–Kier alpha value is -2.01. The van der Waals surface area contributed by atoms with Crippen LogP contribution in [0, 0.1) is 0 Å². The largest absolute Gasteiger partial charge is 0.748 e. The number of nitrogens with two attached hydrogens (primary N) is 2. The molecule has 1 aromatic heterocycles. The van der Waals surface area contributed by atoms with Crippen LogP contribution in [0.3, 0.4) is 0 Å². The monoisotopic (exact) mass is 340 g/mol. The van der Waals surface area contributed by atoms with Crippen molar-refractivity contribution in [3.8, 4) is 0 Å². The van der Waals surface area contributed by atoms with Crippen molar-refractivity contribution in [3.63, 3.8) is 0 Å². The average Bonchev–Trinajstić information content (AvgIpc) is 2.89. The Balaban J connectivity index is 2.36. The van der Waals surface area contributed by atoms with E-state index in [2.05, 4.69) is 0 Å². The van der Waals surface area contributed by atoms with Crippen molar-refractivity contribution in [3.05, 3.63) is 33.8 Å². The van der Waals surface area contributed by atoms with Gasteiger partial charge in [-0.25, -0.2) is 8.42 Å². The van der Waals surface area contributed by atoms with Gasteiger partial charge in [0.2, 0.25) is 11.6 Å². The van der Waals surface area contributed by atoms with Crippen LogP contribution in [0.1, 0.15) is 45.1 Å². The Morgan fingerprint density at radius 1 is 1.35 bits per heavy atom. The molecule has 2 heterocycles. The zero-order chi connectivity index (χ0) is 17.3. The van der Waals surface area contributed by atoms with Gasteiger partial charge in [0.15, 0.2) is 0 Å². The van der Waals surface area contributed by atoms with Crippen molar-refractivity contribution in [1.82, 2.24) is 4.57 Å². The number of hydrogen-bond acceptors (Lipinski definition) is 8. The first-order chi connectivity index (χ1) is 10.5. The first kappa shape index (κ1) is 15.9. The molecule has 2 aliphatic rings. The molecular weight excluding hydrogens is 326 g/mol. The molecule has 1 aliphatic heterocycles. The summed E-state index contributed by atoms with van der Waals surface area (Å²) >= 11 is 0. The zero-order valence-corrected chi connectivity index (χ0v) is 12.9. The average molecular weight is 340 g/mol. The highest BCUT2D eigenvalue weighted by Gasteiger charge is 2.43. The number of carbonyl (C=O) groups excluding carboxylic acids is 2. The molecule has 0 saturated carbocycles. The molecular formula is C13H14N3O6S-. The highest BCUT2D eigenvalue weighted by molar-refractivity contribution is 7.84. The second-order valence-corrected chi connectivity index (χ2v) is 7.11. The Labute approximate surface area is 131 Å². The number of ketones is 2. The molecule has 0 unspecified atom stereocenters. The number of allylic oxidation sites excluding steroid dienone is 2. The van der Waals surface area contributed by atoms with Gasteiger partial charge in [-0.1, -0.05) is 0 Å². The Morgan fingerprint density at radius 2 is 1.96 bits per heavy atom. The van der Waals surface area contributed by atoms with Gasteiger partial charge < -0.3 is 25.7 Å². The summed E-state index contributed by atoms with van der Waals surface area (Å²) in [5.41, 5.74) is 10.7. The van der Waals surface area contributed by atoms with Crippen LogP contribution >= 0.6 is 0 Å². The standard InChI is InChI=1S/C13H15N3O6S/c1-4-8(15)13(19)7-5(3-23(20,21)22)9-12(18)6(14)2-16(9)10(7)11(4)17/h6,12,18H,2-3,14-15H2,1H3,(H,20,21,22)/p-1/t6-,12-/m0/s1. The van der Waals surface area contributed by atoms with E-state index in [1.165, 1.54) is 11.5 Å². The van der Waals surface area contributed by atoms with Gasteiger partial charge in [0.1, 0.15) is 11.8 Å². The van der Waals surface area contributed by atoms with E-state index in [1.807, 2.05) is 0 Å². The van der Waals surface area contributed by atoms with Gasteiger partial charge in [-0.15, -0.1) is 0 Å². The number of hydrogen-bond donors (Lipinski definition) is 3. The van der Waals surface area contributed by atoms with E-state index >= 15 is 0 Å². The second kappa shape index (κ2) is 4.74. The van der Waals surface area contributed by atoms with Gasteiger partial charge in [0, 0.05) is 17.7 Å². The molecule has 1 aromatic rings. The maximum absolute atomic E-state index is 12.5. The predicted molar refractivity (Wildman–Crippen MR) is 76.3 cm³/mol. The third kappa shape index (κ3) is 2.14. The van der Waals surface area contributed by atoms with Crippen LogP contribution in [0.2, 0.25) is 0 Å². The normalized spacial score (nSPS) is 24.2. The molecule has 0 fully saturated rings. The highest BCUT2D eigenvalue weighted by atomic mass is 32.2. The number of Topliss-reactive ketones (excluding diaryl/α,β-unsaturated/α-hetero) is 2. The maximum atomic E-state index is 12.5. The minimum Gasteiger partial charge on any atom is -0.748 e. The number of aliphatic hydroxyl groups excluding tert-OH is 1. The zero-order valence-electron chi connectivity index (χ0n) is 12.1. The number of aliphatic hydroxyl groups is 1. The molecule has 0 spiro atoms. The van der Waals surface area contributed by atoms with Crippen molar-refractivity contribution in [2.24, 2.45) is 11.5 Å². The molecule has 23 heavy (non-hydrogen) atoms. The van der Waals surface area contributed by atoms with Gasteiger partial charge in [-0.3, -0.25) is 9.59 Å². The molecule has 1 aliphatic carbocycles. The van der Waals surface area contributed by atoms with E-state index in [0.717, 1.165) is 0 Å². The molecule has 0 radical (unpaired) electrons. The van der Waals surface area contributed by atoms with Gasteiger partial charge in [-0.2, -0.15) is 0 Å². The van der Waals surface area contributed by atoms with Crippen molar-refractivity contribution in [2.45, 2.75) is 31.4 Å². The van der Waals surface area contributed by atoms with E-state index < -0.39 is 39.6 Å². The Morgan fingerprint density at radius 3 is 2.52 bits per heavy atom. The highest BCUT2D eigenvalue weighted by Crippen LogP contribution is 2.39. The van der Waals surface area contributed by atoms with Gasteiger partial charge >= 0.3 is 0 Å². The summed E-state index contributed by atoms with van der Waals surface area (Å²) < 4.78 is 34.9. The smallest absolute Gasteiger partial charge is 0.211 e. The van der Waals surface area contributed by atoms with Gasteiger partial charge in [-0.05, 0) is 6.92 Å². The van der Waals surface area contributed by atoms with Crippen LogP contribution in [-0.2, 0) is 22.4 Å². The van der Waals surface area contributed by atoms with E-state index in [0.29, 0.717) is 0 Å². The van der Waals surface area contributed by atoms with Crippen molar-refractivity contribution in [2.75, 3.05) is 0 Å². The van der Waals surface area contributed by atoms with Crippen LogP contribution in [0.5, 0.6) is 0 Å². The molecule has 5 N–H and O–H groups in total. The third-order valence-electron chi connectivity index (χ3n) is 4.24. The summed E-state index contributed by atoms with van der Waals surface area (Å²) in [6, 6.07) is -0.769. The molecule has 0 aromatic carbocycles. The van der Waals surface area contributed by atoms with Gasteiger partial charge in [0.05, 0.1) is 38.9 Å². The van der Waals surface area contributed by atoms with Crippen LogP contribution in [0.4, 0.5) is 0 Å². The van der Waals surface area contributed by atoms with E-state index in [1.54, 1.807) is 0 Å². The second-order valence-electron chi connectivity index (χ2n) is 5.71. The van der Waals surface area contributed by atoms with E-state index in [9.17, 15) is 27.7 Å². The molecule has 9 nitrogen and oxygen atoms in total. The maximum Gasteiger partial charge on any atom is 0.211 e. The molecule has 0 amide bonds. The number of rotatable bonds is 2. The van der Waals surface area contributed by atoms with Crippen molar-refractivity contribution >= 4 is 21.7 Å². The molecule has 0 bridgehead atoms. The first-order valence-electron chi connectivity index (χ1n) is 6.72. The molecule has 124 valence electrons. The quantitative estimate of drug-likeness (QED) is 0.547. The van der Waals surface area contributed by atoms with E-state index in [4.69, 9.17) is 11.5 Å². The number of nitrogens with zero attached hydrogens (tertiary/aromatic N) is 1. The summed E-state index contributed by atoms with van der Waals surface area (Å²) in [7, 11) is -4.75. The third-order valence-corrected chi connectivity index (χ3v) is 4.88. The molecule has 3 rings (SSSR count). The fourth-order valence-electron chi connectivity index (χ4n) is 3.14. The summed E-state index contributed by atoms with van der Waals surface area (Å²) in [5, 5.41) is 10.2. The number of fused-ring (bicyclic) bond motifs is 3. The molecule has 2 atom stereocenters. The minimum absolute atomic E-state index is 0.0196. The fourth-order valence-corrected chi connectivity index (χ4v) is 3.78. The predicted octanol–water partition coefficient (Wildman–Crippen LogP) is -1.48. The Kier molecular flexibility index (Phi) is 3.27. The lowest BCUT2D eigenvalue weighted by atomic mass is 9.90. The SMILES string of the molecule is CC1=C(N)C(=O)c2c(CS(=O)(=O)[O-])c3n(c2C1=O)C[C@H](N)[C@@H]3O. The van der Waals surface area contributed by atoms with Crippen LogP contribution in [0.15, 0.2) is 11.3 Å². The van der Waals surface area contributed by atoms with Crippen molar-refractivity contribution < 1.29 is 27.7 Å². The van der Waals surface area contributed by atoms with Crippen LogP contribution in [0.25, 0.3) is 0 Å². The van der Waals surface area contributed by atoms with Crippen LogP contribution in [-0.4, -0.2) is 40.3 Å². The number of carbonyl (C=O) groups is 2. The Bertz CT molecular complexity index is 895. The van der Waals surface area contributed by atoms with E-state index in [-0.39, 0.29) is 40.3 Å². The first-order valence-corrected chi connectivity index (χ1v) is 8.30. The summed E-state index contributed by atoms with van der Waals surface area (Å²) in [6.45, 7) is 1.41. The molecule has 10 heteroatoms. The number of aromatic nitrogens is 1. The minimum atomic E-state index is -4.75.